The molecule has 0 aliphatic heterocycles. The molecule has 1 rings (SSSR count). The molecular formula is C18H27FN2O2. The average Bonchev–Trinajstić information content (AvgIpc) is 2.48. The lowest BCUT2D eigenvalue weighted by molar-refractivity contribution is -0.141. The van der Waals surface area contributed by atoms with Crippen LogP contribution in [0, 0.1) is 5.82 Å². The molecule has 1 N–H and O–H groups in total. The van der Waals surface area contributed by atoms with Crippen molar-refractivity contribution < 1.29 is 14.0 Å². The number of hydrogen-bond acceptors (Lipinski definition) is 2. The van der Waals surface area contributed by atoms with Crippen molar-refractivity contribution in [3.63, 3.8) is 0 Å². The van der Waals surface area contributed by atoms with Crippen LogP contribution in [0.2, 0.25) is 0 Å². The van der Waals surface area contributed by atoms with Gasteiger partial charge in [-0.25, -0.2) is 4.39 Å². The van der Waals surface area contributed by atoms with Crippen LogP contribution in [0.4, 0.5) is 4.39 Å². The monoisotopic (exact) mass is 322 g/mol. The maximum Gasteiger partial charge on any atom is 0.243 e. The van der Waals surface area contributed by atoms with Gasteiger partial charge in [0.2, 0.25) is 11.8 Å². The molecule has 0 spiro atoms. The van der Waals surface area contributed by atoms with Crippen LogP contribution in [0.3, 0.4) is 0 Å². The van der Waals surface area contributed by atoms with Crippen LogP contribution >= 0.6 is 0 Å². The maximum absolute atomic E-state index is 13.1. The van der Waals surface area contributed by atoms with Crippen LogP contribution in [-0.2, 0) is 16.1 Å². The molecule has 0 radical (unpaired) electrons. The van der Waals surface area contributed by atoms with E-state index in [1.165, 1.54) is 12.1 Å². The summed E-state index contributed by atoms with van der Waals surface area (Å²) < 4.78 is 13.1. The zero-order valence-corrected chi connectivity index (χ0v) is 14.4. The zero-order chi connectivity index (χ0) is 17.4. The summed E-state index contributed by atoms with van der Waals surface area (Å²) in [5.41, 5.74) is 0.812. The number of amides is 2. The van der Waals surface area contributed by atoms with Gasteiger partial charge < -0.3 is 10.2 Å². The Balaban J connectivity index is 2.99. The van der Waals surface area contributed by atoms with Crippen molar-refractivity contribution in [1.82, 2.24) is 10.2 Å². The molecule has 2 amide bonds. The SMILES string of the molecule is CCCC(=O)N(Cc1ccc(F)cc1)[C@H](CC)C(=O)NC(C)C. The molecule has 0 aliphatic carbocycles. The van der Waals surface area contributed by atoms with E-state index in [2.05, 4.69) is 5.32 Å². The summed E-state index contributed by atoms with van der Waals surface area (Å²) >= 11 is 0. The highest BCUT2D eigenvalue weighted by Crippen LogP contribution is 2.15. The molecule has 1 atom stereocenters. The topological polar surface area (TPSA) is 49.4 Å². The molecule has 0 aromatic heterocycles. The van der Waals surface area contributed by atoms with E-state index < -0.39 is 6.04 Å². The lowest BCUT2D eigenvalue weighted by Gasteiger charge is -2.31. The third kappa shape index (κ3) is 6.00. The Bertz CT molecular complexity index is 514. The third-order valence-corrected chi connectivity index (χ3v) is 3.55. The molecular weight excluding hydrogens is 295 g/mol. The van der Waals surface area contributed by atoms with E-state index in [4.69, 9.17) is 0 Å². The zero-order valence-electron chi connectivity index (χ0n) is 14.4. The van der Waals surface area contributed by atoms with E-state index in [1.807, 2.05) is 27.7 Å². The van der Waals surface area contributed by atoms with E-state index in [-0.39, 0.29) is 23.7 Å². The molecule has 1 aromatic carbocycles. The molecule has 23 heavy (non-hydrogen) atoms. The van der Waals surface area contributed by atoms with Crippen molar-refractivity contribution in [3.8, 4) is 0 Å². The van der Waals surface area contributed by atoms with Gasteiger partial charge in [0.25, 0.3) is 0 Å². The van der Waals surface area contributed by atoms with Gasteiger partial charge in [0.1, 0.15) is 11.9 Å². The first kappa shape index (κ1) is 19.1. The fraction of sp³-hybridized carbons (Fsp3) is 0.556. The molecule has 0 aliphatic rings. The number of rotatable bonds is 8. The van der Waals surface area contributed by atoms with Crippen molar-refractivity contribution in [2.45, 2.75) is 65.6 Å². The fourth-order valence-electron chi connectivity index (χ4n) is 2.44. The van der Waals surface area contributed by atoms with Gasteiger partial charge in [0.15, 0.2) is 0 Å². The van der Waals surface area contributed by atoms with Crippen molar-refractivity contribution >= 4 is 11.8 Å². The molecule has 0 heterocycles. The van der Waals surface area contributed by atoms with Crippen LogP contribution in [-0.4, -0.2) is 28.8 Å². The minimum absolute atomic E-state index is 0.0190. The fourth-order valence-corrected chi connectivity index (χ4v) is 2.44. The Morgan fingerprint density at radius 3 is 2.26 bits per heavy atom. The highest BCUT2D eigenvalue weighted by Gasteiger charge is 2.28. The van der Waals surface area contributed by atoms with Gasteiger partial charge in [-0.05, 0) is 44.4 Å². The van der Waals surface area contributed by atoms with E-state index in [0.29, 0.717) is 19.4 Å². The summed E-state index contributed by atoms with van der Waals surface area (Å²) in [6.07, 6.45) is 1.66. The Labute approximate surface area is 138 Å². The highest BCUT2D eigenvalue weighted by atomic mass is 19.1. The second-order valence-electron chi connectivity index (χ2n) is 5.99. The van der Waals surface area contributed by atoms with Gasteiger partial charge in [-0.3, -0.25) is 9.59 Å². The van der Waals surface area contributed by atoms with Crippen molar-refractivity contribution in [1.29, 1.82) is 0 Å². The Morgan fingerprint density at radius 1 is 1.17 bits per heavy atom. The van der Waals surface area contributed by atoms with Gasteiger partial charge in [0, 0.05) is 19.0 Å². The smallest absolute Gasteiger partial charge is 0.243 e. The predicted molar refractivity (Wildman–Crippen MR) is 89.2 cm³/mol. The van der Waals surface area contributed by atoms with Crippen LogP contribution < -0.4 is 5.32 Å². The summed E-state index contributed by atoms with van der Waals surface area (Å²) in [7, 11) is 0. The molecule has 128 valence electrons. The van der Waals surface area contributed by atoms with Crippen molar-refractivity contribution in [2.75, 3.05) is 0 Å². The number of nitrogens with zero attached hydrogens (tertiary/aromatic N) is 1. The molecule has 0 bridgehead atoms. The summed E-state index contributed by atoms with van der Waals surface area (Å²) in [6, 6.07) is 5.54. The summed E-state index contributed by atoms with van der Waals surface area (Å²) in [4.78, 5) is 26.5. The van der Waals surface area contributed by atoms with E-state index >= 15 is 0 Å². The quantitative estimate of drug-likeness (QED) is 0.798. The predicted octanol–water partition coefficient (Wildman–Crippen LogP) is 3.26. The largest absolute Gasteiger partial charge is 0.352 e. The molecule has 1 aromatic rings. The number of halogens is 1. The van der Waals surface area contributed by atoms with E-state index in [1.54, 1.807) is 17.0 Å². The second-order valence-corrected chi connectivity index (χ2v) is 5.99. The van der Waals surface area contributed by atoms with Crippen LogP contribution in [0.1, 0.15) is 52.5 Å². The van der Waals surface area contributed by atoms with Gasteiger partial charge in [-0.1, -0.05) is 26.0 Å². The molecule has 0 unspecified atom stereocenters. The summed E-state index contributed by atoms with van der Waals surface area (Å²) in [5.74, 6) is -0.513. The average molecular weight is 322 g/mol. The van der Waals surface area contributed by atoms with E-state index in [9.17, 15) is 14.0 Å². The Hall–Kier alpha value is -1.91. The highest BCUT2D eigenvalue weighted by molar-refractivity contribution is 5.87. The first-order valence-electron chi connectivity index (χ1n) is 8.23. The van der Waals surface area contributed by atoms with Crippen molar-refractivity contribution in [3.05, 3.63) is 35.6 Å². The van der Waals surface area contributed by atoms with Gasteiger partial charge in [-0.2, -0.15) is 0 Å². The van der Waals surface area contributed by atoms with E-state index in [0.717, 1.165) is 12.0 Å². The molecule has 5 heteroatoms. The lowest BCUT2D eigenvalue weighted by Crippen LogP contribution is -2.50. The number of carbonyl (C=O) groups excluding carboxylic acids is 2. The minimum atomic E-state index is -0.512. The third-order valence-electron chi connectivity index (χ3n) is 3.55. The molecule has 0 saturated carbocycles. The van der Waals surface area contributed by atoms with Crippen LogP contribution in [0.15, 0.2) is 24.3 Å². The Kier molecular flexibility index (Phi) is 7.72. The summed E-state index contributed by atoms with van der Waals surface area (Å²) in [6.45, 7) is 7.92. The number of hydrogen-bond donors (Lipinski definition) is 1. The maximum atomic E-state index is 13.1. The van der Waals surface area contributed by atoms with Gasteiger partial charge >= 0.3 is 0 Å². The molecule has 0 saturated heterocycles. The normalized spacial score (nSPS) is 12.1. The first-order valence-corrected chi connectivity index (χ1v) is 8.23. The lowest BCUT2D eigenvalue weighted by atomic mass is 10.1. The minimum Gasteiger partial charge on any atom is -0.352 e. The standard InChI is InChI=1S/C18H27FN2O2/c1-5-7-17(22)21(12-14-8-10-15(19)11-9-14)16(6-2)18(23)20-13(3)4/h8-11,13,16H,5-7,12H2,1-4H3,(H,20,23)/t16-/m1/s1. The van der Waals surface area contributed by atoms with Gasteiger partial charge in [0.05, 0.1) is 0 Å². The number of nitrogens with one attached hydrogen (secondary N) is 1. The molecule has 4 nitrogen and oxygen atoms in total. The van der Waals surface area contributed by atoms with Crippen LogP contribution in [0.25, 0.3) is 0 Å². The Morgan fingerprint density at radius 2 is 1.78 bits per heavy atom. The van der Waals surface area contributed by atoms with Gasteiger partial charge in [-0.15, -0.1) is 0 Å². The number of benzene rings is 1. The molecule has 0 fully saturated rings. The first-order chi connectivity index (χ1) is 10.9. The summed E-state index contributed by atoms with van der Waals surface area (Å²) in [5, 5.41) is 2.87. The number of carbonyl (C=O) groups is 2. The van der Waals surface area contributed by atoms with Crippen LogP contribution in [0.5, 0.6) is 0 Å². The van der Waals surface area contributed by atoms with Crippen molar-refractivity contribution in [2.24, 2.45) is 0 Å². The second kappa shape index (κ2) is 9.28.